The van der Waals surface area contributed by atoms with Crippen LogP contribution in [0.1, 0.15) is 149 Å². The summed E-state index contributed by atoms with van der Waals surface area (Å²) in [5.41, 5.74) is 0. The third kappa shape index (κ3) is 23.5. The van der Waals surface area contributed by atoms with Crippen molar-refractivity contribution in [1.29, 1.82) is 0 Å². The summed E-state index contributed by atoms with van der Waals surface area (Å²) in [5, 5.41) is 22.7. The van der Waals surface area contributed by atoms with Crippen LogP contribution in [0.4, 0.5) is 0 Å². The third-order valence-corrected chi connectivity index (χ3v) is 16.9. The smallest absolute Gasteiger partial charge is 0.316 e. The summed E-state index contributed by atoms with van der Waals surface area (Å²) in [6.45, 7) is 26.7. The van der Waals surface area contributed by atoms with Gasteiger partial charge in [-0.15, -0.1) is 0 Å². The Morgan fingerprint density at radius 2 is 0.967 bits per heavy atom. The molecule has 25 nitrogen and oxygen atoms in total. The zero-order valence-corrected chi connectivity index (χ0v) is 59.8. The molecular weight excluding hydrogens is 1230 g/mol. The van der Waals surface area contributed by atoms with Gasteiger partial charge in [0.2, 0.25) is 65.0 Å². The molecule has 1 saturated heterocycles. The van der Waals surface area contributed by atoms with Crippen LogP contribution in [0, 0.1) is 41.4 Å². The van der Waals surface area contributed by atoms with Gasteiger partial charge in [0.1, 0.15) is 72.4 Å². The normalized spacial score (nSPS) is 26.0. The van der Waals surface area contributed by atoms with Gasteiger partial charge >= 0.3 is 5.97 Å². The molecule has 0 radical (unpaired) electrons. The number of amides is 11. The summed E-state index contributed by atoms with van der Waals surface area (Å²) >= 11 is 3.05. The molecule has 11 amide bonds. The standard InChI is InChI=1S/C64H112BrN11O14/c1-24-26-27-41(15)54(79)53-58(83)67-43(25-2)59(84)70(17)33-49(77)71(18)45(28-35(3)4)57(82)69-51(39(11)12)63(88)72(19)46(29-36(5)6)56(81)66-42(16)55(80)68-44(34-90-50(78)32-65)60(85)73(20)47(30-37(7)8)61(86)74(21)48(31-38(9)10)62(87)75(22)52(40(13)14)64(89)76(53)23/h24,26,35-48,51-54,79H,25,27-34H2,1-23H3,(H,66,81)(H,67,83)(H,68,80)(H,69,82)/b26-24+/t41-,42+,43+,44-,45+,46+,47+,48+,51+,52+,53+,54-/m1/s1. The molecule has 1 fully saturated rings. The quantitative estimate of drug-likeness (QED) is 0.0749. The van der Waals surface area contributed by atoms with E-state index in [1.54, 1.807) is 60.6 Å². The van der Waals surface area contributed by atoms with Crippen LogP contribution in [0.2, 0.25) is 0 Å². The van der Waals surface area contributed by atoms with Crippen LogP contribution >= 0.6 is 15.9 Å². The van der Waals surface area contributed by atoms with Gasteiger partial charge in [0, 0.05) is 49.3 Å². The van der Waals surface area contributed by atoms with Crippen molar-refractivity contribution in [2.75, 3.05) is 67.8 Å². The molecule has 514 valence electrons. The Kier molecular flexibility index (Phi) is 34.5. The highest BCUT2D eigenvalue weighted by molar-refractivity contribution is 9.09. The Morgan fingerprint density at radius 1 is 0.533 bits per heavy atom. The maximum atomic E-state index is 15.2. The number of aliphatic hydroxyl groups is 1. The Balaban J connectivity index is 4.47. The minimum absolute atomic E-state index is 0.00340. The highest BCUT2D eigenvalue weighted by atomic mass is 79.9. The van der Waals surface area contributed by atoms with E-state index in [0.29, 0.717) is 0 Å². The lowest BCUT2D eigenvalue weighted by Gasteiger charge is -2.41. The molecule has 0 unspecified atom stereocenters. The van der Waals surface area contributed by atoms with Crippen molar-refractivity contribution in [3.8, 4) is 0 Å². The van der Waals surface area contributed by atoms with Gasteiger partial charge in [-0.25, -0.2) is 0 Å². The second kappa shape index (κ2) is 38.0. The molecular formula is C64H112BrN11O14. The first kappa shape index (κ1) is 81.8. The summed E-state index contributed by atoms with van der Waals surface area (Å²) in [6, 6.07) is -13.4. The van der Waals surface area contributed by atoms with E-state index in [9.17, 15) is 48.3 Å². The highest BCUT2D eigenvalue weighted by Crippen LogP contribution is 2.26. The van der Waals surface area contributed by atoms with E-state index in [-0.39, 0.29) is 67.5 Å². The number of nitrogens with zero attached hydrogens (tertiary/aromatic N) is 7. The van der Waals surface area contributed by atoms with E-state index >= 15 is 14.4 Å². The molecule has 0 aromatic rings. The Labute approximate surface area is 544 Å². The second-order valence-electron chi connectivity index (χ2n) is 26.7. The van der Waals surface area contributed by atoms with Gasteiger partial charge < -0.3 is 65.4 Å². The van der Waals surface area contributed by atoms with Crippen LogP contribution in [0.25, 0.3) is 0 Å². The summed E-state index contributed by atoms with van der Waals surface area (Å²) in [6.07, 6.45) is 2.69. The number of hydrogen-bond acceptors (Lipinski definition) is 14. The van der Waals surface area contributed by atoms with Crippen molar-refractivity contribution in [2.24, 2.45) is 41.4 Å². The Hall–Kier alpha value is -6.18. The predicted octanol–water partition coefficient (Wildman–Crippen LogP) is 3.19. The molecule has 1 aliphatic rings. The van der Waals surface area contributed by atoms with Crippen LogP contribution in [0.5, 0.6) is 0 Å². The molecule has 0 saturated carbocycles. The van der Waals surface area contributed by atoms with Gasteiger partial charge in [-0.3, -0.25) is 57.5 Å². The van der Waals surface area contributed by atoms with Gasteiger partial charge in [-0.2, -0.15) is 0 Å². The monoisotopic (exact) mass is 1340 g/mol. The van der Waals surface area contributed by atoms with E-state index in [2.05, 4.69) is 37.2 Å². The minimum atomic E-state index is -1.64. The number of nitrogens with one attached hydrogen (secondary N) is 4. The fraction of sp³-hybridized carbons (Fsp3) is 0.781. The minimum Gasteiger partial charge on any atom is -0.462 e. The van der Waals surface area contributed by atoms with Crippen molar-refractivity contribution >= 4 is 86.9 Å². The van der Waals surface area contributed by atoms with Gasteiger partial charge in [0.25, 0.3) is 0 Å². The van der Waals surface area contributed by atoms with Crippen molar-refractivity contribution in [1.82, 2.24) is 55.6 Å². The first-order valence-electron chi connectivity index (χ1n) is 31.7. The maximum absolute atomic E-state index is 15.2. The lowest BCUT2D eigenvalue weighted by Crippen LogP contribution is -2.63. The molecule has 0 aromatic carbocycles. The molecule has 0 aromatic heterocycles. The van der Waals surface area contributed by atoms with E-state index in [0.717, 1.165) is 14.7 Å². The number of carbonyl (C=O) groups is 12. The summed E-state index contributed by atoms with van der Waals surface area (Å²) in [7, 11) is 9.66. The van der Waals surface area contributed by atoms with Crippen LogP contribution in [-0.2, 0) is 62.3 Å². The van der Waals surface area contributed by atoms with Crippen molar-refractivity contribution in [3.05, 3.63) is 12.2 Å². The fourth-order valence-corrected chi connectivity index (χ4v) is 11.1. The average molecular weight is 1340 g/mol. The first-order chi connectivity index (χ1) is 41.6. The predicted molar refractivity (Wildman–Crippen MR) is 348 cm³/mol. The van der Waals surface area contributed by atoms with Gasteiger partial charge in [-0.1, -0.05) is 125 Å². The third-order valence-electron chi connectivity index (χ3n) is 16.5. The van der Waals surface area contributed by atoms with Gasteiger partial charge in [0.15, 0.2) is 0 Å². The molecule has 0 bridgehead atoms. The second-order valence-corrected chi connectivity index (χ2v) is 27.3. The van der Waals surface area contributed by atoms with E-state index < -0.39 is 168 Å². The maximum Gasteiger partial charge on any atom is 0.316 e. The fourth-order valence-electron chi connectivity index (χ4n) is 10.9. The number of rotatable bonds is 18. The molecule has 90 heavy (non-hydrogen) atoms. The van der Waals surface area contributed by atoms with Crippen LogP contribution in [0.15, 0.2) is 12.2 Å². The number of carbonyl (C=O) groups excluding carboxylic acids is 12. The number of allylic oxidation sites excluding steroid dienone is 2. The number of hydrogen-bond donors (Lipinski definition) is 5. The molecule has 5 N–H and O–H groups in total. The Morgan fingerprint density at radius 3 is 1.42 bits per heavy atom. The van der Waals surface area contributed by atoms with E-state index in [1.165, 1.54) is 75.9 Å². The van der Waals surface area contributed by atoms with Crippen molar-refractivity contribution in [2.45, 2.75) is 216 Å². The molecule has 0 aliphatic carbocycles. The van der Waals surface area contributed by atoms with Crippen LogP contribution in [-0.4, -0.2) is 245 Å². The number of likely N-dealkylation sites (N-methyl/N-ethyl adjacent to an activating group) is 7. The Bertz CT molecular complexity index is 2490. The number of alkyl halides is 1. The molecule has 1 heterocycles. The zero-order valence-electron chi connectivity index (χ0n) is 58.2. The van der Waals surface area contributed by atoms with Crippen LogP contribution < -0.4 is 21.3 Å². The number of ether oxygens (including phenoxy) is 1. The summed E-state index contributed by atoms with van der Waals surface area (Å²) < 4.78 is 5.39. The molecule has 0 spiro atoms. The zero-order chi connectivity index (χ0) is 69.7. The van der Waals surface area contributed by atoms with Gasteiger partial charge in [-0.05, 0) is 93.8 Å². The molecule has 1 rings (SSSR count). The van der Waals surface area contributed by atoms with Crippen molar-refractivity contribution in [3.63, 3.8) is 0 Å². The number of halogens is 1. The summed E-state index contributed by atoms with van der Waals surface area (Å²) in [5.74, 6) is -11.6. The molecule has 26 heteroatoms. The van der Waals surface area contributed by atoms with Crippen LogP contribution in [0.3, 0.4) is 0 Å². The number of esters is 1. The lowest BCUT2D eigenvalue weighted by molar-refractivity contribution is -0.158. The van der Waals surface area contributed by atoms with E-state index in [4.69, 9.17) is 4.74 Å². The number of aliphatic hydroxyl groups excluding tert-OH is 1. The topological polar surface area (TPSA) is 305 Å². The molecule has 1 aliphatic heterocycles. The van der Waals surface area contributed by atoms with Crippen molar-refractivity contribution < 1.29 is 67.4 Å². The summed E-state index contributed by atoms with van der Waals surface area (Å²) in [4.78, 5) is 183. The van der Waals surface area contributed by atoms with E-state index in [1.807, 2.05) is 55.4 Å². The first-order valence-corrected chi connectivity index (χ1v) is 32.8. The highest BCUT2D eigenvalue weighted by Gasteiger charge is 2.46. The largest absolute Gasteiger partial charge is 0.462 e. The molecule has 12 atom stereocenters. The van der Waals surface area contributed by atoms with Gasteiger partial charge in [0.05, 0.1) is 12.6 Å². The average Bonchev–Trinajstić information content (AvgIpc) is 0.893. The lowest BCUT2D eigenvalue weighted by atomic mass is 9.91. The SMILES string of the molecule is C/C=C/C[C@@H](C)[C@@H](O)[C@H]1C(=O)N[C@@H](CC)C(=O)N(C)CC(=O)N(C)[C@@H](CC(C)C)C(=O)N[C@@H](C(C)C)C(=O)N(C)[C@@H](CC(C)C)C(=O)N[C@@H](C)C(=O)N[C@H](COC(=O)CBr)C(=O)N(C)[C@@H](CC(C)C)C(=O)N(C)[C@@H](CC(C)C)C(=O)N(C)[C@@H](C(C)C)C(=O)N1C.